The average Bonchev–Trinajstić information content (AvgIpc) is 2.64. The van der Waals surface area contributed by atoms with Crippen LogP contribution in [0.25, 0.3) is 0 Å². The van der Waals surface area contributed by atoms with E-state index in [1.807, 2.05) is 13.0 Å². The molecule has 0 bridgehead atoms. The number of rotatable bonds is 4. The van der Waals surface area contributed by atoms with Gasteiger partial charge < -0.3 is 16.4 Å². The van der Waals surface area contributed by atoms with Gasteiger partial charge in [-0.25, -0.2) is 0 Å². The van der Waals surface area contributed by atoms with Crippen molar-refractivity contribution < 1.29 is 9.59 Å². The lowest BCUT2D eigenvalue weighted by atomic mass is 9.95. The molecule has 0 aliphatic heterocycles. The minimum atomic E-state index is -0.201. The first-order valence-corrected chi connectivity index (χ1v) is 9.11. The molecule has 2 amide bonds. The summed E-state index contributed by atoms with van der Waals surface area (Å²) in [5.74, 6) is -0.246. The smallest absolute Gasteiger partial charge is 0.255 e. The van der Waals surface area contributed by atoms with Gasteiger partial charge in [-0.05, 0) is 67.8 Å². The number of anilines is 2. The number of amides is 2. The zero-order valence-corrected chi connectivity index (χ0v) is 15.0. The molecule has 0 atom stereocenters. The van der Waals surface area contributed by atoms with Crippen LogP contribution in [0.2, 0.25) is 0 Å². The SMILES string of the molecule is Cc1cc(C(=O)NC2CCCCC2)ccc1NC(=O)c1ccc(N)cc1. The summed E-state index contributed by atoms with van der Waals surface area (Å²) in [5, 5.41) is 6.00. The van der Waals surface area contributed by atoms with Gasteiger partial charge in [0.15, 0.2) is 0 Å². The molecule has 136 valence electrons. The predicted molar refractivity (Wildman–Crippen MR) is 104 cm³/mol. The van der Waals surface area contributed by atoms with Crippen LogP contribution in [0.5, 0.6) is 0 Å². The molecule has 1 aliphatic carbocycles. The van der Waals surface area contributed by atoms with Crippen molar-refractivity contribution in [1.29, 1.82) is 0 Å². The number of hydrogen-bond donors (Lipinski definition) is 3. The number of aryl methyl sites for hydroxylation is 1. The number of nitrogens with two attached hydrogens (primary N) is 1. The van der Waals surface area contributed by atoms with Crippen LogP contribution in [0.15, 0.2) is 42.5 Å². The normalized spacial score (nSPS) is 14.7. The first-order chi connectivity index (χ1) is 12.5. The Morgan fingerprint density at radius 3 is 2.23 bits per heavy atom. The largest absolute Gasteiger partial charge is 0.399 e. The lowest BCUT2D eigenvalue weighted by Crippen LogP contribution is -2.36. The van der Waals surface area contributed by atoms with Crippen molar-refractivity contribution in [2.24, 2.45) is 0 Å². The Balaban J connectivity index is 1.65. The Bertz CT molecular complexity index is 793. The van der Waals surface area contributed by atoms with E-state index in [1.54, 1.807) is 36.4 Å². The van der Waals surface area contributed by atoms with E-state index in [1.165, 1.54) is 19.3 Å². The van der Waals surface area contributed by atoms with E-state index in [-0.39, 0.29) is 17.9 Å². The van der Waals surface area contributed by atoms with E-state index in [4.69, 9.17) is 5.73 Å². The summed E-state index contributed by atoms with van der Waals surface area (Å²) < 4.78 is 0. The molecule has 0 unspecified atom stereocenters. The highest BCUT2D eigenvalue weighted by Crippen LogP contribution is 2.20. The zero-order valence-electron chi connectivity index (χ0n) is 15.0. The van der Waals surface area contributed by atoms with E-state index >= 15 is 0 Å². The van der Waals surface area contributed by atoms with Gasteiger partial charge in [0, 0.05) is 28.5 Å². The fraction of sp³-hybridized carbons (Fsp3) is 0.333. The highest BCUT2D eigenvalue weighted by Gasteiger charge is 2.17. The molecule has 4 N–H and O–H groups in total. The maximum absolute atomic E-state index is 12.4. The van der Waals surface area contributed by atoms with Crippen LogP contribution in [0.4, 0.5) is 11.4 Å². The van der Waals surface area contributed by atoms with Gasteiger partial charge in [0.05, 0.1) is 0 Å². The molecule has 1 saturated carbocycles. The Labute approximate surface area is 154 Å². The third kappa shape index (κ3) is 4.42. The summed E-state index contributed by atoms with van der Waals surface area (Å²) in [5.41, 5.74) is 8.97. The highest BCUT2D eigenvalue weighted by molar-refractivity contribution is 6.05. The van der Waals surface area contributed by atoms with Crippen LogP contribution < -0.4 is 16.4 Å². The van der Waals surface area contributed by atoms with Crippen LogP contribution in [0.1, 0.15) is 58.4 Å². The van der Waals surface area contributed by atoms with Crippen molar-refractivity contribution in [3.63, 3.8) is 0 Å². The van der Waals surface area contributed by atoms with Crippen LogP contribution in [0, 0.1) is 6.92 Å². The molecular formula is C21H25N3O2. The fourth-order valence-corrected chi connectivity index (χ4v) is 3.29. The van der Waals surface area contributed by atoms with Crippen LogP contribution in [-0.2, 0) is 0 Å². The second-order valence-corrected chi connectivity index (χ2v) is 6.91. The minimum Gasteiger partial charge on any atom is -0.399 e. The lowest BCUT2D eigenvalue weighted by Gasteiger charge is -2.23. The first-order valence-electron chi connectivity index (χ1n) is 9.11. The number of carbonyl (C=O) groups is 2. The van der Waals surface area contributed by atoms with Crippen LogP contribution in [-0.4, -0.2) is 17.9 Å². The number of nitrogen functional groups attached to an aromatic ring is 1. The maximum atomic E-state index is 12.4. The van der Waals surface area contributed by atoms with Crippen molar-refractivity contribution >= 4 is 23.2 Å². The zero-order chi connectivity index (χ0) is 18.5. The van der Waals surface area contributed by atoms with Gasteiger partial charge in [-0.15, -0.1) is 0 Å². The van der Waals surface area contributed by atoms with Gasteiger partial charge in [-0.1, -0.05) is 19.3 Å². The van der Waals surface area contributed by atoms with Crippen molar-refractivity contribution in [3.8, 4) is 0 Å². The third-order valence-electron chi connectivity index (χ3n) is 4.85. The quantitative estimate of drug-likeness (QED) is 0.731. The molecule has 2 aromatic rings. The molecule has 5 heteroatoms. The van der Waals surface area contributed by atoms with Gasteiger partial charge in [0.1, 0.15) is 0 Å². The van der Waals surface area contributed by atoms with E-state index in [0.29, 0.717) is 22.5 Å². The molecule has 0 heterocycles. The second kappa shape index (κ2) is 8.04. The molecule has 0 radical (unpaired) electrons. The monoisotopic (exact) mass is 351 g/mol. The molecule has 3 rings (SSSR count). The summed E-state index contributed by atoms with van der Waals surface area (Å²) in [6, 6.07) is 12.4. The molecule has 5 nitrogen and oxygen atoms in total. The minimum absolute atomic E-state index is 0.0450. The number of carbonyl (C=O) groups excluding carboxylic acids is 2. The Morgan fingerprint density at radius 2 is 1.58 bits per heavy atom. The van der Waals surface area contributed by atoms with Gasteiger partial charge >= 0.3 is 0 Å². The van der Waals surface area contributed by atoms with Gasteiger partial charge in [-0.2, -0.15) is 0 Å². The topological polar surface area (TPSA) is 84.2 Å². The predicted octanol–water partition coefficient (Wildman–Crippen LogP) is 3.89. The van der Waals surface area contributed by atoms with E-state index in [2.05, 4.69) is 10.6 Å². The van der Waals surface area contributed by atoms with Crippen molar-refractivity contribution in [1.82, 2.24) is 5.32 Å². The molecule has 26 heavy (non-hydrogen) atoms. The summed E-state index contributed by atoms with van der Waals surface area (Å²) in [7, 11) is 0. The van der Waals surface area contributed by atoms with E-state index < -0.39 is 0 Å². The standard InChI is InChI=1S/C21H25N3O2/c1-14-13-16(21(26)23-18-5-3-2-4-6-18)9-12-19(14)24-20(25)15-7-10-17(22)11-8-15/h7-13,18H,2-6,22H2,1H3,(H,23,26)(H,24,25). The van der Waals surface area contributed by atoms with Crippen LogP contribution in [0.3, 0.4) is 0 Å². The number of benzene rings is 2. The Hall–Kier alpha value is -2.82. The maximum Gasteiger partial charge on any atom is 0.255 e. The molecule has 0 aromatic heterocycles. The second-order valence-electron chi connectivity index (χ2n) is 6.91. The van der Waals surface area contributed by atoms with Gasteiger partial charge in [-0.3, -0.25) is 9.59 Å². The summed E-state index contributed by atoms with van der Waals surface area (Å²) in [6.45, 7) is 1.88. The number of nitrogens with one attached hydrogen (secondary N) is 2. The molecule has 2 aromatic carbocycles. The summed E-state index contributed by atoms with van der Waals surface area (Å²) >= 11 is 0. The van der Waals surface area contributed by atoms with E-state index in [9.17, 15) is 9.59 Å². The van der Waals surface area contributed by atoms with Crippen molar-refractivity contribution in [2.75, 3.05) is 11.1 Å². The Morgan fingerprint density at radius 1 is 0.923 bits per heavy atom. The van der Waals surface area contributed by atoms with Crippen LogP contribution >= 0.6 is 0 Å². The lowest BCUT2D eigenvalue weighted by molar-refractivity contribution is 0.0927. The first kappa shape index (κ1) is 18.0. The van der Waals surface area contributed by atoms with E-state index in [0.717, 1.165) is 18.4 Å². The molecule has 1 aliphatic rings. The van der Waals surface area contributed by atoms with Crippen molar-refractivity contribution in [2.45, 2.75) is 45.1 Å². The molecule has 0 spiro atoms. The van der Waals surface area contributed by atoms with Gasteiger partial charge in [0.2, 0.25) is 0 Å². The average molecular weight is 351 g/mol. The highest BCUT2D eigenvalue weighted by atomic mass is 16.2. The summed E-state index contributed by atoms with van der Waals surface area (Å²) in [6.07, 6.45) is 5.73. The molecule has 1 fully saturated rings. The van der Waals surface area contributed by atoms with Crippen molar-refractivity contribution in [3.05, 3.63) is 59.2 Å². The molecular weight excluding hydrogens is 326 g/mol. The third-order valence-corrected chi connectivity index (χ3v) is 4.85. The fourth-order valence-electron chi connectivity index (χ4n) is 3.29. The number of hydrogen-bond acceptors (Lipinski definition) is 3. The van der Waals surface area contributed by atoms with Gasteiger partial charge in [0.25, 0.3) is 11.8 Å². The Kier molecular flexibility index (Phi) is 5.56. The summed E-state index contributed by atoms with van der Waals surface area (Å²) in [4.78, 5) is 24.8. The molecule has 0 saturated heterocycles.